The van der Waals surface area contributed by atoms with Gasteiger partial charge in [0.05, 0.1) is 5.56 Å². The van der Waals surface area contributed by atoms with Crippen molar-refractivity contribution < 1.29 is 18.0 Å². The van der Waals surface area contributed by atoms with Crippen molar-refractivity contribution in [3.8, 4) is 0 Å². The van der Waals surface area contributed by atoms with Crippen LogP contribution in [0.2, 0.25) is 0 Å². The molecule has 0 bridgehead atoms. The topological polar surface area (TPSA) is 58.4 Å². The minimum Gasteiger partial charge on any atom is -0.330 e. The van der Waals surface area contributed by atoms with Gasteiger partial charge in [0.25, 0.3) is 0 Å². The number of urea groups is 1. The molecule has 0 aliphatic carbocycles. The lowest BCUT2D eigenvalue weighted by Gasteiger charge is -2.24. The Kier molecular flexibility index (Phi) is 6.02. The standard InChI is InChI=1S/C14H20F3N3O/c1-3-20(9-10(2)8-18)13(21)19-12-6-4-5-11(7-12)14(15,16)17/h4-7,10H,3,8-9,18H2,1-2H3,(H,19,21). The van der Waals surface area contributed by atoms with Gasteiger partial charge in [0.1, 0.15) is 0 Å². The van der Waals surface area contributed by atoms with E-state index in [1.807, 2.05) is 6.92 Å². The molecule has 21 heavy (non-hydrogen) atoms. The summed E-state index contributed by atoms with van der Waals surface area (Å²) < 4.78 is 37.8. The Bertz CT molecular complexity index is 477. The van der Waals surface area contributed by atoms with Gasteiger partial charge in [0.15, 0.2) is 0 Å². The van der Waals surface area contributed by atoms with Gasteiger partial charge in [0.2, 0.25) is 0 Å². The molecule has 0 spiro atoms. The highest BCUT2D eigenvalue weighted by Crippen LogP contribution is 2.30. The van der Waals surface area contributed by atoms with Gasteiger partial charge in [-0.3, -0.25) is 0 Å². The molecule has 0 radical (unpaired) electrons. The molecule has 0 fully saturated rings. The van der Waals surface area contributed by atoms with Gasteiger partial charge in [-0.1, -0.05) is 13.0 Å². The van der Waals surface area contributed by atoms with E-state index in [0.717, 1.165) is 12.1 Å². The molecule has 0 saturated heterocycles. The Balaban J connectivity index is 2.78. The van der Waals surface area contributed by atoms with E-state index >= 15 is 0 Å². The van der Waals surface area contributed by atoms with E-state index in [4.69, 9.17) is 5.73 Å². The van der Waals surface area contributed by atoms with Gasteiger partial charge in [-0.15, -0.1) is 0 Å². The summed E-state index contributed by atoms with van der Waals surface area (Å²) in [5, 5.41) is 2.48. The van der Waals surface area contributed by atoms with Crippen LogP contribution in [-0.2, 0) is 6.18 Å². The van der Waals surface area contributed by atoms with Crippen molar-refractivity contribution in [1.82, 2.24) is 4.90 Å². The molecule has 1 aromatic carbocycles. The van der Waals surface area contributed by atoms with Gasteiger partial charge >= 0.3 is 12.2 Å². The average molecular weight is 303 g/mol. The lowest BCUT2D eigenvalue weighted by molar-refractivity contribution is -0.137. The molecule has 0 aliphatic rings. The number of anilines is 1. The van der Waals surface area contributed by atoms with Crippen molar-refractivity contribution in [1.29, 1.82) is 0 Å². The number of nitrogens with one attached hydrogen (secondary N) is 1. The molecule has 0 saturated carbocycles. The van der Waals surface area contributed by atoms with Crippen molar-refractivity contribution in [2.45, 2.75) is 20.0 Å². The molecular formula is C14H20F3N3O. The Morgan fingerprint density at radius 3 is 2.62 bits per heavy atom. The Hall–Kier alpha value is -1.76. The first-order valence-corrected chi connectivity index (χ1v) is 6.71. The molecule has 1 aromatic rings. The number of carbonyl (C=O) groups is 1. The first-order chi connectivity index (χ1) is 9.77. The van der Waals surface area contributed by atoms with Crippen LogP contribution in [0.3, 0.4) is 0 Å². The van der Waals surface area contributed by atoms with Crippen LogP contribution in [0.4, 0.5) is 23.7 Å². The van der Waals surface area contributed by atoms with Gasteiger partial charge in [0, 0.05) is 18.8 Å². The Morgan fingerprint density at radius 1 is 1.43 bits per heavy atom. The minimum atomic E-state index is -4.43. The van der Waals surface area contributed by atoms with Crippen LogP contribution in [0.25, 0.3) is 0 Å². The van der Waals surface area contributed by atoms with Crippen LogP contribution in [0, 0.1) is 5.92 Å². The van der Waals surface area contributed by atoms with Crippen LogP contribution in [0.15, 0.2) is 24.3 Å². The van der Waals surface area contributed by atoms with Crippen molar-refractivity contribution in [3.05, 3.63) is 29.8 Å². The summed E-state index contributed by atoms with van der Waals surface area (Å²) >= 11 is 0. The van der Waals surface area contributed by atoms with Crippen LogP contribution in [0.1, 0.15) is 19.4 Å². The van der Waals surface area contributed by atoms with Gasteiger partial charge < -0.3 is 16.0 Å². The zero-order valence-electron chi connectivity index (χ0n) is 12.1. The number of hydrogen-bond acceptors (Lipinski definition) is 2. The van der Waals surface area contributed by atoms with Crippen LogP contribution >= 0.6 is 0 Å². The van der Waals surface area contributed by atoms with E-state index in [9.17, 15) is 18.0 Å². The summed E-state index contributed by atoms with van der Waals surface area (Å²) in [5.74, 6) is 0.122. The number of alkyl halides is 3. The number of benzene rings is 1. The highest BCUT2D eigenvalue weighted by Gasteiger charge is 2.30. The van der Waals surface area contributed by atoms with E-state index in [1.165, 1.54) is 17.0 Å². The lowest BCUT2D eigenvalue weighted by atomic mass is 10.1. The van der Waals surface area contributed by atoms with Gasteiger partial charge in [-0.05, 0) is 37.6 Å². The largest absolute Gasteiger partial charge is 0.416 e. The van der Waals surface area contributed by atoms with Crippen molar-refractivity contribution in [2.75, 3.05) is 25.0 Å². The number of halogens is 3. The van der Waals surface area contributed by atoms with Gasteiger partial charge in [-0.25, -0.2) is 4.79 Å². The molecular weight excluding hydrogens is 283 g/mol. The molecule has 0 heterocycles. The quantitative estimate of drug-likeness (QED) is 0.878. The van der Waals surface area contributed by atoms with E-state index < -0.39 is 17.8 Å². The monoisotopic (exact) mass is 303 g/mol. The summed E-state index contributed by atoms with van der Waals surface area (Å²) in [6.45, 7) is 5.05. The molecule has 7 heteroatoms. The first kappa shape index (κ1) is 17.3. The first-order valence-electron chi connectivity index (χ1n) is 6.71. The summed E-state index contributed by atoms with van der Waals surface area (Å²) in [6.07, 6.45) is -4.43. The second-order valence-corrected chi connectivity index (χ2v) is 4.89. The van der Waals surface area contributed by atoms with Crippen molar-refractivity contribution >= 4 is 11.7 Å². The second kappa shape index (κ2) is 7.31. The zero-order valence-corrected chi connectivity index (χ0v) is 12.1. The lowest BCUT2D eigenvalue weighted by Crippen LogP contribution is -2.39. The predicted octanol–water partition coefficient (Wildman–Crippen LogP) is 3.15. The third-order valence-electron chi connectivity index (χ3n) is 3.04. The molecule has 0 aromatic heterocycles. The fraction of sp³-hybridized carbons (Fsp3) is 0.500. The van der Waals surface area contributed by atoms with Crippen LogP contribution in [0.5, 0.6) is 0 Å². The number of carbonyl (C=O) groups excluding carboxylic acids is 1. The fourth-order valence-corrected chi connectivity index (χ4v) is 1.78. The van der Waals surface area contributed by atoms with Crippen LogP contribution < -0.4 is 11.1 Å². The number of hydrogen-bond donors (Lipinski definition) is 2. The average Bonchev–Trinajstić information content (AvgIpc) is 2.43. The SMILES string of the molecule is CCN(CC(C)CN)C(=O)Nc1cccc(C(F)(F)F)c1. The molecule has 3 N–H and O–H groups in total. The smallest absolute Gasteiger partial charge is 0.330 e. The highest BCUT2D eigenvalue weighted by molar-refractivity contribution is 5.89. The maximum Gasteiger partial charge on any atom is 0.416 e. The van der Waals surface area contributed by atoms with Crippen molar-refractivity contribution in [2.24, 2.45) is 11.7 Å². The third-order valence-corrected chi connectivity index (χ3v) is 3.04. The Labute approximate surface area is 122 Å². The van der Waals surface area contributed by atoms with E-state index in [0.29, 0.717) is 19.6 Å². The minimum absolute atomic E-state index is 0.119. The normalized spacial score (nSPS) is 12.9. The predicted molar refractivity (Wildman–Crippen MR) is 75.9 cm³/mol. The van der Waals surface area contributed by atoms with E-state index in [2.05, 4.69) is 5.32 Å². The highest BCUT2D eigenvalue weighted by atomic mass is 19.4. The molecule has 118 valence electrons. The molecule has 4 nitrogen and oxygen atoms in total. The molecule has 1 unspecified atom stereocenters. The zero-order chi connectivity index (χ0) is 16.0. The summed E-state index contributed by atoms with van der Waals surface area (Å²) in [6, 6.07) is 4.13. The molecule has 1 rings (SSSR count). The maximum absolute atomic E-state index is 12.6. The number of nitrogens with two attached hydrogens (primary N) is 1. The Morgan fingerprint density at radius 2 is 2.10 bits per heavy atom. The molecule has 2 amide bonds. The number of rotatable bonds is 5. The third kappa shape index (κ3) is 5.26. The van der Waals surface area contributed by atoms with E-state index in [1.54, 1.807) is 6.92 Å². The molecule has 0 aliphatic heterocycles. The maximum atomic E-state index is 12.6. The second-order valence-electron chi connectivity index (χ2n) is 4.89. The summed E-state index contributed by atoms with van der Waals surface area (Å²) in [4.78, 5) is 13.6. The van der Waals surface area contributed by atoms with Crippen LogP contribution in [-0.4, -0.2) is 30.6 Å². The summed E-state index contributed by atoms with van der Waals surface area (Å²) in [5.41, 5.74) is 4.84. The van der Waals surface area contributed by atoms with E-state index in [-0.39, 0.29) is 11.6 Å². The fourth-order valence-electron chi connectivity index (χ4n) is 1.78. The van der Waals surface area contributed by atoms with Crippen molar-refractivity contribution in [3.63, 3.8) is 0 Å². The number of amides is 2. The molecule has 1 atom stereocenters. The number of nitrogens with zero attached hydrogens (tertiary/aromatic N) is 1. The summed E-state index contributed by atoms with van der Waals surface area (Å²) in [7, 11) is 0. The van der Waals surface area contributed by atoms with Gasteiger partial charge in [-0.2, -0.15) is 13.2 Å².